The third-order valence-electron chi connectivity index (χ3n) is 2.59. The second-order valence-corrected chi connectivity index (χ2v) is 6.35. The fraction of sp³-hybridized carbons (Fsp3) is 0.600. The SMILES string of the molecule is Cc1ccnc(NC2CCCS(=O)(=O)C2)n1. The average Bonchev–Trinajstić information content (AvgIpc) is 2.15. The summed E-state index contributed by atoms with van der Waals surface area (Å²) in [5.74, 6) is 1.01. The van der Waals surface area contributed by atoms with Crippen LogP contribution in [0.15, 0.2) is 12.3 Å². The number of nitrogens with zero attached hydrogens (tertiary/aromatic N) is 2. The highest BCUT2D eigenvalue weighted by atomic mass is 32.2. The lowest BCUT2D eigenvalue weighted by Crippen LogP contribution is -2.35. The molecule has 1 unspecified atom stereocenters. The van der Waals surface area contributed by atoms with Crippen LogP contribution in [0.2, 0.25) is 0 Å². The van der Waals surface area contributed by atoms with Gasteiger partial charge in [-0.05, 0) is 25.8 Å². The van der Waals surface area contributed by atoms with E-state index in [1.165, 1.54) is 0 Å². The van der Waals surface area contributed by atoms with Crippen molar-refractivity contribution < 1.29 is 8.42 Å². The number of sulfone groups is 1. The molecular formula is C10H15N3O2S. The molecule has 1 saturated heterocycles. The highest BCUT2D eigenvalue weighted by molar-refractivity contribution is 7.91. The number of rotatable bonds is 2. The maximum atomic E-state index is 11.4. The van der Waals surface area contributed by atoms with Gasteiger partial charge in [-0.15, -0.1) is 0 Å². The summed E-state index contributed by atoms with van der Waals surface area (Å²) in [5.41, 5.74) is 0.871. The molecular weight excluding hydrogens is 226 g/mol. The third kappa shape index (κ3) is 2.91. The molecule has 2 heterocycles. The van der Waals surface area contributed by atoms with Crippen molar-refractivity contribution in [2.75, 3.05) is 16.8 Å². The first kappa shape index (κ1) is 11.3. The summed E-state index contributed by atoms with van der Waals surface area (Å²) in [6.07, 6.45) is 3.24. The zero-order valence-electron chi connectivity index (χ0n) is 9.18. The first-order valence-corrected chi connectivity index (χ1v) is 7.14. The Hall–Kier alpha value is -1.17. The molecule has 1 aliphatic heterocycles. The van der Waals surface area contributed by atoms with E-state index in [1.54, 1.807) is 6.20 Å². The van der Waals surface area contributed by atoms with Gasteiger partial charge >= 0.3 is 0 Å². The van der Waals surface area contributed by atoms with Crippen molar-refractivity contribution in [3.05, 3.63) is 18.0 Å². The molecule has 0 spiro atoms. The van der Waals surface area contributed by atoms with Crippen LogP contribution in [0.5, 0.6) is 0 Å². The Morgan fingerprint density at radius 3 is 3.00 bits per heavy atom. The van der Waals surface area contributed by atoms with Gasteiger partial charge in [0, 0.05) is 17.9 Å². The molecule has 0 aliphatic carbocycles. The van der Waals surface area contributed by atoms with E-state index in [0.29, 0.717) is 18.1 Å². The summed E-state index contributed by atoms with van der Waals surface area (Å²) in [7, 11) is -2.88. The highest BCUT2D eigenvalue weighted by Crippen LogP contribution is 2.15. The van der Waals surface area contributed by atoms with E-state index in [9.17, 15) is 8.42 Å². The molecule has 16 heavy (non-hydrogen) atoms. The van der Waals surface area contributed by atoms with Crippen molar-refractivity contribution in [3.63, 3.8) is 0 Å². The molecule has 1 aromatic heterocycles. The average molecular weight is 241 g/mol. The zero-order chi connectivity index (χ0) is 11.6. The second-order valence-electron chi connectivity index (χ2n) is 4.12. The van der Waals surface area contributed by atoms with E-state index < -0.39 is 9.84 Å². The molecule has 1 N–H and O–H groups in total. The van der Waals surface area contributed by atoms with Crippen molar-refractivity contribution in [2.45, 2.75) is 25.8 Å². The minimum absolute atomic E-state index is 0.0550. The molecule has 0 bridgehead atoms. The molecule has 6 heteroatoms. The molecule has 0 radical (unpaired) electrons. The van der Waals surface area contributed by atoms with Crippen LogP contribution in [-0.2, 0) is 9.84 Å². The van der Waals surface area contributed by atoms with Gasteiger partial charge in [-0.3, -0.25) is 0 Å². The summed E-state index contributed by atoms with van der Waals surface area (Å²) in [6, 6.07) is 1.75. The lowest BCUT2D eigenvalue weighted by atomic mass is 10.2. The van der Waals surface area contributed by atoms with E-state index in [4.69, 9.17) is 0 Å². The van der Waals surface area contributed by atoms with E-state index >= 15 is 0 Å². The number of aromatic nitrogens is 2. The first-order chi connectivity index (χ1) is 7.55. The van der Waals surface area contributed by atoms with Gasteiger partial charge < -0.3 is 5.32 Å². The summed E-state index contributed by atoms with van der Waals surface area (Å²) in [6.45, 7) is 1.88. The summed E-state index contributed by atoms with van der Waals surface area (Å²) < 4.78 is 22.9. The smallest absolute Gasteiger partial charge is 0.223 e. The van der Waals surface area contributed by atoms with Crippen molar-refractivity contribution >= 4 is 15.8 Å². The Morgan fingerprint density at radius 2 is 2.31 bits per heavy atom. The molecule has 0 saturated carbocycles. The van der Waals surface area contributed by atoms with Gasteiger partial charge in [-0.1, -0.05) is 0 Å². The van der Waals surface area contributed by atoms with Crippen LogP contribution in [0.4, 0.5) is 5.95 Å². The Morgan fingerprint density at radius 1 is 1.50 bits per heavy atom. The normalized spacial score (nSPS) is 23.9. The number of hydrogen-bond acceptors (Lipinski definition) is 5. The van der Waals surface area contributed by atoms with Crippen molar-refractivity contribution in [3.8, 4) is 0 Å². The maximum Gasteiger partial charge on any atom is 0.223 e. The number of aryl methyl sites for hydroxylation is 1. The molecule has 1 fully saturated rings. The van der Waals surface area contributed by atoms with E-state index in [-0.39, 0.29) is 11.8 Å². The Bertz CT molecular complexity index is 473. The van der Waals surface area contributed by atoms with Crippen molar-refractivity contribution in [2.24, 2.45) is 0 Å². The van der Waals surface area contributed by atoms with Gasteiger partial charge in [0.25, 0.3) is 0 Å². The van der Waals surface area contributed by atoms with Gasteiger partial charge in [0.05, 0.1) is 11.5 Å². The Labute approximate surface area is 95.2 Å². The molecule has 1 aliphatic rings. The zero-order valence-corrected chi connectivity index (χ0v) is 10.00. The van der Waals surface area contributed by atoms with E-state index in [0.717, 1.165) is 12.1 Å². The number of anilines is 1. The lowest BCUT2D eigenvalue weighted by Gasteiger charge is -2.22. The van der Waals surface area contributed by atoms with Gasteiger partial charge in [0.15, 0.2) is 9.84 Å². The van der Waals surface area contributed by atoms with Crippen molar-refractivity contribution in [1.29, 1.82) is 0 Å². The fourth-order valence-corrected chi connectivity index (χ4v) is 3.47. The Kier molecular flexibility index (Phi) is 3.09. The predicted molar refractivity (Wildman–Crippen MR) is 62.1 cm³/mol. The minimum atomic E-state index is -2.88. The van der Waals surface area contributed by atoms with Crippen LogP contribution in [-0.4, -0.2) is 35.9 Å². The molecule has 0 amide bonds. The number of nitrogens with one attached hydrogen (secondary N) is 1. The summed E-state index contributed by atoms with van der Waals surface area (Å²) >= 11 is 0. The largest absolute Gasteiger partial charge is 0.350 e. The molecule has 1 aromatic rings. The van der Waals surface area contributed by atoms with Gasteiger partial charge in [0.2, 0.25) is 5.95 Å². The Balaban J connectivity index is 2.05. The second kappa shape index (κ2) is 4.37. The quantitative estimate of drug-likeness (QED) is 0.828. The van der Waals surface area contributed by atoms with Crippen LogP contribution >= 0.6 is 0 Å². The van der Waals surface area contributed by atoms with E-state index in [2.05, 4.69) is 15.3 Å². The van der Waals surface area contributed by atoms with E-state index in [1.807, 2.05) is 13.0 Å². The standard InChI is InChI=1S/C10H15N3O2S/c1-8-4-5-11-10(12-8)13-9-3-2-6-16(14,15)7-9/h4-5,9H,2-3,6-7H2,1H3,(H,11,12,13). The minimum Gasteiger partial charge on any atom is -0.350 e. The van der Waals surface area contributed by atoms with Gasteiger partial charge in [-0.25, -0.2) is 18.4 Å². The maximum absolute atomic E-state index is 11.4. The first-order valence-electron chi connectivity index (χ1n) is 5.32. The van der Waals surface area contributed by atoms with Crippen LogP contribution < -0.4 is 5.32 Å². The molecule has 88 valence electrons. The van der Waals surface area contributed by atoms with Crippen LogP contribution in [0.1, 0.15) is 18.5 Å². The predicted octanol–water partition coefficient (Wildman–Crippen LogP) is 0.774. The topological polar surface area (TPSA) is 72.0 Å². The highest BCUT2D eigenvalue weighted by Gasteiger charge is 2.24. The van der Waals surface area contributed by atoms with Gasteiger partial charge in [0.1, 0.15) is 0 Å². The summed E-state index contributed by atoms with van der Waals surface area (Å²) in [5, 5.41) is 3.08. The van der Waals surface area contributed by atoms with Gasteiger partial charge in [-0.2, -0.15) is 0 Å². The lowest BCUT2D eigenvalue weighted by molar-refractivity contribution is 0.561. The molecule has 5 nitrogen and oxygen atoms in total. The molecule has 0 aromatic carbocycles. The van der Waals surface area contributed by atoms with Crippen LogP contribution in [0.3, 0.4) is 0 Å². The molecule has 2 rings (SSSR count). The van der Waals surface area contributed by atoms with Crippen LogP contribution in [0, 0.1) is 6.92 Å². The van der Waals surface area contributed by atoms with Crippen LogP contribution in [0.25, 0.3) is 0 Å². The number of hydrogen-bond donors (Lipinski definition) is 1. The van der Waals surface area contributed by atoms with Crippen molar-refractivity contribution in [1.82, 2.24) is 9.97 Å². The molecule has 1 atom stereocenters. The summed E-state index contributed by atoms with van der Waals surface area (Å²) in [4.78, 5) is 8.26. The monoisotopic (exact) mass is 241 g/mol. The third-order valence-corrected chi connectivity index (χ3v) is 4.41. The fourth-order valence-electron chi connectivity index (χ4n) is 1.84.